The molecule has 2 saturated carbocycles. The summed E-state index contributed by atoms with van der Waals surface area (Å²) >= 11 is 0. The van der Waals surface area contributed by atoms with Gasteiger partial charge in [0.25, 0.3) is 0 Å². The molecule has 8 rings (SSSR count). The summed E-state index contributed by atoms with van der Waals surface area (Å²) in [5.74, 6) is 0.511. The summed E-state index contributed by atoms with van der Waals surface area (Å²) in [6.45, 7) is 11.0. The Bertz CT molecular complexity index is 1820. The SMILES string of the molecule is CC(C)(C)OC(=O)N1[C@@H]2C[C@@H]2C[C@H]1c1nc(-c2ccc(-c3ccc(-c4nc([C@H]5C[C@@H]6C[C@@H]6N5C(=O)OC(C)(C)C)[nH]c4F)cc3)cc2)c(F)[nH]1. The number of piperidine rings is 2. The number of nitrogens with one attached hydrogen (secondary N) is 2. The molecule has 0 spiro atoms. The molecule has 4 aromatic rings. The predicted molar refractivity (Wildman–Crippen MR) is 182 cm³/mol. The van der Waals surface area contributed by atoms with Crippen molar-refractivity contribution in [2.45, 2.75) is 103 Å². The zero-order valence-corrected chi connectivity index (χ0v) is 29.1. The lowest BCUT2D eigenvalue weighted by atomic mass is 10.0. The number of rotatable bonds is 5. The van der Waals surface area contributed by atoms with E-state index in [1.165, 1.54) is 0 Å². The first-order valence-corrected chi connectivity index (χ1v) is 17.4. The lowest BCUT2D eigenvalue weighted by Gasteiger charge is -2.29. The van der Waals surface area contributed by atoms with E-state index in [-0.39, 0.29) is 35.6 Å². The number of H-pyrrole nitrogens is 2. The van der Waals surface area contributed by atoms with Crippen molar-refractivity contribution in [2.75, 3.05) is 0 Å². The highest BCUT2D eigenvalue weighted by Gasteiger charge is 2.57. The number of carbonyl (C=O) groups is 2. The van der Waals surface area contributed by atoms with Crippen LogP contribution in [0.4, 0.5) is 18.4 Å². The number of aromatic nitrogens is 4. The minimum absolute atomic E-state index is 0.107. The zero-order valence-electron chi connectivity index (χ0n) is 29.1. The number of aromatic amines is 2. The molecule has 2 amide bonds. The average Bonchev–Trinajstić information content (AvgIpc) is 3.73. The van der Waals surface area contributed by atoms with Gasteiger partial charge in [0.1, 0.15) is 34.2 Å². The highest BCUT2D eigenvalue weighted by molar-refractivity contribution is 5.73. The maximum atomic E-state index is 15.2. The molecule has 50 heavy (non-hydrogen) atoms. The van der Waals surface area contributed by atoms with Gasteiger partial charge in [-0.3, -0.25) is 9.80 Å². The van der Waals surface area contributed by atoms with Crippen molar-refractivity contribution in [1.29, 1.82) is 0 Å². The second kappa shape index (κ2) is 11.4. The Labute approximate surface area is 289 Å². The van der Waals surface area contributed by atoms with E-state index >= 15 is 8.78 Å². The molecule has 4 aliphatic rings. The molecule has 4 heterocycles. The van der Waals surface area contributed by atoms with E-state index in [1.54, 1.807) is 9.80 Å². The summed E-state index contributed by atoms with van der Waals surface area (Å²) in [5.41, 5.74) is 2.13. The number of nitrogens with zero attached hydrogens (tertiary/aromatic N) is 4. The van der Waals surface area contributed by atoms with Crippen molar-refractivity contribution < 1.29 is 27.8 Å². The standard InChI is InChI=1S/C38H42F2N6O4/c1-37(2,3)49-35(47)45-25-15-23(25)17-27(45)33-41-29(31(39)43-33)21-11-7-19(8-12-21)20-9-13-22(14-10-20)30-32(40)44-34(42-30)28-18-24-16-26(24)46(28)36(48)50-38(4,5)6/h7-14,23-28H,15-18H2,1-6H3,(H,41,43)(H,42,44)/t23-,24+,25-,26+,27+,28-. The van der Waals surface area contributed by atoms with Crippen LogP contribution in [0, 0.1) is 23.7 Å². The first kappa shape index (κ1) is 32.5. The van der Waals surface area contributed by atoms with E-state index < -0.39 is 35.3 Å². The second-order valence-electron chi connectivity index (χ2n) is 16.1. The minimum atomic E-state index is -0.628. The molecule has 0 bridgehead atoms. The number of hydrogen-bond acceptors (Lipinski definition) is 6. The molecule has 6 atom stereocenters. The smallest absolute Gasteiger partial charge is 0.411 e. The molecule has 2 aliphatic carbocycles. The van der Waals surface area contributed by atoms with Crippen molar-refractivity contribution in [1.82, 2.24) is 29.7 Å². The lowest BCUT2D eigenvalue weighted by molar-refractivity contribution is 0.0164. The van der Waals surface area contributed by atoms with Gasteiger partial charge in [0, 0.05) is 23.2 Å². The largest absolute Gasteiger partial charge is 0.444 e. The van der Waals surface area contributed by atoms with Crippen LogP contribution in [-0.4, -0.2) is 65.2 Å². The number of carbonyl (C=O) groups excluding carboxylic acids is 2. The van der Waals surface area contributed by atoms with Crippen LogP contribution in [0.1, 0.15) is 91.0 Å². The van der Waals surface area contributed by atoms with Crippen LogP contribution >= 0.6 is 0 Å². The van der Waals surface area contributed by atoms with Crippen LogP contribution in [0.25, 0.3) is 33.6 Å². The van der Waals surface area contributed by atoms with Gasteiger partial charge in [-0.05, 0) is 90.2 Å². The average molecular weight is 685 g/mol. The maximum Gasteiger partial charge on any atom is 0.411 e. The van der Waals surface area contributed by atoms with E-state index in [9.17, 15) is 9.59 Å². The Morgan fingerprint density at radius 3 is 1.30 bits per heavy atom. The molecule has 0 radical (unpaired) electrons. The molecule has 2 aromatic heterocycles. The monoisotopic (exact) mass is 684 g/mol. The molecule has 2 saturated heterocycles. The Morgan fingerprint density at radius 2 is 0.960 bits per heavy atom. The van der Waals surface area contributed by atoms with Gasteiger partial charge in [-0.25, -0.2) is 19.6 Å². The number of amides is 2. The van der Waals surface area contributed by atoms with E-state index in [4.69, 9.17) is 9.47 Å². The van der Waals surface area contributed by atoms with Gasteiger partial charge in [0.05, 0.1) is 12.1 Å². The van der Waals surface area contributed by atoms with E-state index in [1.807, 2.05) is 90.1 Å². The summed E-state index contributed by atoms with van der Waals surface area (Å²) in [4.78, 5) is 44.3. The number of benzene rings is 2. The summed E-state index contributed by atoms with van der Waals surface area (Å²) in [6, 6.07) is 14.3. The fourth-order valence-corrected chi connectivity index (χ4v) is 7.63. The van der Waals surface area contributed by atoms with Crippen LogP contribution in [0.15, 0.2) is 48.5 Å². The third-order valence-electron chi connectivity index (χ3n) is 10.1. The van der Waals surface area contributed by atoms with Gasteiger partial charge in [-0.2, -0.15) is 8.78 Å². The first-order valence-electron chi connectivity index (χ1n) is 17.4. The van der Waals surface area contributed by atoms with Crippen molar-refractivity contribution in [3.8, 4) is 33.6 Å². The van der Waals surface area contributed by atoms with Crippen LogP contribution in [0.5, 0.6) is 0 Å². The Balaban J connectivity index is 0.968. The number of hydrogen-bond donors (Lipinski definition) is 2. The van der Waals surface area contributed by atoms with Gasteiger partial charge < -0.3 is 19.4 Å². The summed E-state index contributed by atoms with van der Waals surface area (Å²) in [5, 5.41) is 0. The summed E-state index contributed by atoms with van der Waals surface area (Å²) in [6.07, 6.45) is 2.52. The molecule has 0 unspecified atom stereocenters. The quantitative estimate of drug-likeness (QED) is 0.218. The third kappa shape index (κ3) is 6.02. The molecule has 4 fully saturated rings. The van der Waals surface area contributed by atoms with Gasteiger partial charge >= 0.3 is 12.2 Å². The highest BCUT2D eigenvalue weighted by Crippen LogP contribution is 2.54. The zero-order chi connectivity index (χ0) is 35.3. The number of likely N-dealkylation sites (tertiary alicyclic amines) is 2. The van der Waals surface area contributed by atoms with Crippen molar-refractivity contribution in [3.63, 3.8) is 0 Å². The molecule has 12 heteroatoms. The number of imidazole rings is 2. The molecule has 2 aliphatic heterocycles. The van der Waals surface area contributed by atoms with E-state index in [2.05, 4.69) is 19.9 Å². The Morgan fingerprint density at radius 1 is 0.620 bits per heavy atom. The van der Waals surface area contributed by atoms with Crippen molar-refractivity contribution >= 4 is 12.2 Å². The summed E-state index contributed by atoms with van der Waals surface area (Å²) < 4.78 is 41.8. The van der Waals surface area contributed by atoms with Gasteiger partial charge in [-0.15, -0.1) is 0 Å². The topological polar surface area (TPSA) is 116 Å². The Hall–Kier alpha value is -4.74. The van der Waals surface area contributed by atoms with Gasteiger partial charge in [-0.1, -0.05) is 48.5 Å². The maximum absolute atomic E-state index is 15.2. The molecule has 2 N–H and O–H groups in total. The van der Waals surface area contributed by atoms with E-state index in [0.717, 1.165) is 36.8 Å². The highest BCUT2D eigenvalue weighted by atomic mass is 19.1. The minimum Gasteiger partial charge on any atom is -0.444 e. The molecule has 10 nitrogen and oxygen atoms in total. The van der Waals surface area contributed by atoms with E-state index in [0.29, 0.717) is 34.6 Å². The molecular formula is C38H42F2N6O4. The van der Waals surface area contributed by atoms with Crippen molar-refractivity contribution in [2.24, 2.45) is 11.8 Å². The van der Waals surface area contributed by atoms with Crippen LogP contribution in [0.2, 0.25) is 0 Å². The summed E-state index contributed by atoms with van der Waals surface area (Å²) in [7, 11) is 0. The fourth-order valence-electron chi connectivity index (χ4n) is 7.63. The number of ether oxygens (including phenoxy) is 2. The number of halogens is 2. The molecular weight excluding hydrogens is 642 g/mol. The second-order valence-corrected chi connectivity index (χ2v) is 16.1. The normalized spacial score (nSPS) is 25.4. The van der Waals surface area contributed by atoms with Gasteiger partial charge in [0.15, 0.2) is 0 Å². The molecule has 262 valence electrons. The van der Waals surface area contributed by atoms with Crippen LogP contribution in [-0.2, 0) is 9.47 Å². The number of fused-ring (bicyclic) bond motifs is 2. The van der Waals surface area contributed by atoms with Crippen LogP contribution < -0.4 is 0 Å². The van der Waals surface area contributed by atoms with Crippen molar-refractivity contribution in [3.05, 3.63) is 72.1 Å². The predicted octanol–water partition coefficient (Wildman–Crippen LogP) is 8.55. The molecule has 2 aromatic carbocycles. The van der Waals surface area contributed by atoms with Gasteiger partial charge in [0.2, 0.25) is 11.9 Å². The fraction of sp³-hybridized carbons (Fsp3) is 0.474. The Kier molecular flexibility index (Phi) is 7.40. The first-order chi connectivity index (χ1) is 23.6. The van der Waals surface area contributed by atoms with Crippen LogP contribution in [0.3, 0.4) is 0 Å². The third-order valence-corrected chi connectivity index (χ3v) is 10.1. The lowest BCUT2D eigenvalue weighted by Crippen LogP contribution is -2.38.